The summed E-state index contributed by atoms with van der Waals surface area (Å²) in [7, 11) is 0. The van der Waals surface area contributed by atoms with Gasteiger partial charge in [-0.25, -0.2) is 4.98 Å². The van der Waals surface area contributed by atoms with Crippen LogP contribution in [0, 0.1) is 13.8 Å². The lowest BCUT2D eigenvalue weighted by Gasteiger charge is -2.15. The van der Waals surface area contributed by atoms with Crippen molar-refractivity contribution in [1.82, 2.24) is 9.55 Å². The van der Waals surface area contributed by atoms with Gasteiger partial charge >= 0.3 is 6.36 Å². The molecule has 0 saturated heterocycles. The maximum absolute atomic E-state index is 12.1. The van der Waals surface area contributed by atoms with E-state index >= 15 is 0 Å². The van der Waals surface area contributed by atoms with Gasteiger partial charge in [-0.2, -0.15) is 0 Å². The van der Waals surface area contributed by atoms with Crippen LogP contribution in [0.2, 0.25) is 0 Å². The third kappa shape index (κ3) is 4.32. The number of aromatic nitrogens is 2. The van der Waals surface area contributed by atoms with Gasteiger partial charge in [0, 0.05) is 11.3 Å². The maximum Gasteiger partial charge on any atom is 0.573 e. The molecule has 0 aliphatic carbocycles. The van der Waals surface area contributed by atoms with Gasteiger partial charge in [0.25, 0.3) is 5.56 Å². The fourth-order valence-corrected chi connectivity index (χ4v) is 1.99. The highest BCUT2D eigenvalue weighted by molar-refractivity contribution is 5.28. The first-order valence-electron chi connectivity index (χ1n) is 6.74. The van der Waals surface area contributed by atoms with E-state index in [9.17, 15) is 23.1 Å². The first-order valence-corrected chi connectivity index (χ1v) is 6.74. The van der Waals surface area contributed by atoms with E-state index in [4.69, 9.17) is 0 Å². The molecule has 2 rings (SSSR count). The van der Waals surface area contributed by atoms with Gasteiger partial charge in [-0.1, -0.05) is 12.1 Å². The van der Waals surface area contributed by atoms with Gasteiger partial charge in [0.1, 0.15) is 5.75 Å². The van der Waals surface area contributed by atoms with E-state index in [0.29, 0.717) is 16.8 Å². The van der Waals surface area contributed by atoms with Crippen molar-refractivity contribution in [3.8, 4) is 5.75 Å². The molecule has 2 aromatic rings. The molecule has 1 aromatic heterocycles. The Balaban J connectivity index is 2.14. The van der Waals surface area contributed by atoms with E-state index in [0.717, 1.165) is 12.1 Å². The minimum absolute atomic E-state index is 0.0492. The molecule has 1 heterocycles. The van der Waals surface area contributed by atoms with Crippen molar-refractivity contribution < 1.29 is 23.0 Å². The number of aryl methyl sites for hydroxylation is 1. The third-order valence-electron chi connectivity index (χ3n) is 3.38. The molecule has 1 aromatic carbocycles. The summed E-state index contributed by atoms with van der Waals surface area (Å²) in [5.41, 5.74) is 1.18. The Morgan fingerprint density at radius 3 is 2.43 bits per heavy atom. The Morgan fingerprint density at radius 1 is 1.26 bits per heavy atom. The van der Waals surface area contributed by atoms with Crippen molar-refractivity contribution in [2.45, 2.75) is 32.9 Å². The molecule has 0 saturated carbocycles. The number of nitrogens with zero attached hydrogens (tertiary/aromatic N) is 2. The van der Waals surface area contributed by atoms with E-state index in [-0.39, 0.29) is 17.9 Å². The average Bonchev–Trinajstić information content (AvgIpc) is 2.47. The summed E-state index contributed by atoms with van der Waals surface area (Å²) in [5, 5.41) is 10.1. The van der Waals surface area contributed by atoms with E-state index < -0.39 is 12.5 Å². The number of benzene rings is 1. The molecule has 0 radical (unpaired) electrons. The molecular formula is C15H15F3N2O3. The van der Waals surface area contributed by atoms with E-state index in [1.807, 2.05) is 0 Å². The molecule has 0 amide bonds. The van der Waals surface area contributed by atoms with E-state index in [1.54, 1.807) is 13.8 Å². The largest absolute Gasteiger partial charge is 0.573 e. The van der Waals surface area contributed by atoms with Crippen LogP contribution >= 0.6 is 0 Å². The Hall–Kier alpha value is -2.35. The normalized spacial score (nSPS) is 13.0. The molecule has 0 aliphatic heterocycles. The van der Waals surface area contributed by atoms with Crippen LogP contribution in [0.15, 0.2) is 35.4 Å². The number of ether oxygens (including phenoxy) is 1. The molecule has 0 fully saturated rings. The first kappa shape index (κ1) is 17.0. The van der Waals surface area contributed by atoms with Crippen molar-refractivity contribution in [3.05, 3.63) is 57.8 Å². The molecule has 1 unspecified atom stereocenters. The first-order chi connectivity index (χ1) is 10.7. The van der Waals surface area contributed by atoms with Crippen LogP contribution in [0.5, 0.6) is 5.75 Å². The highest BCUT2D eigenvalue weighted by Crippen LogP contribution is 2.24. The van der Waals surface area contributed by atoms with Gasteiger partial charge in [-0.15, -0.1) is 13.2 Å². The minimum atomic E-state index is -4.77. The van der Waals surface area contributed by atoms with Gasteiger partial charge in [0.2, 0.25) is 0 Å². The summed E-state index contributed by atoms with van der Waals surface area (Å²) < 4.78 is 41.3. The van der Waals surface area contributed by atoms with Gasteiger partial charge in [-0.3, -0.25) is 9.36 Å². The summed E-state index contributed by atoms with van der Waals surface area (Å²) in [5.74, 6) is -0.376. The van der Waals surface area contributed by atoms with Crippen LogP contribution in [0.4, 0.5) is 13.2 Å². The molecule has 1 N–H and O–H groups in total. The van der Waals surface area contributed by atoms with Crippen molar-refractivity contribution in [2.75, 3.05) is 0 Å². The van der Waals surface area contributed by atoms with Gasteiger partial charge in [0.15, 0.2) is 0 Å². The minimum Gasteiger partial charge on any atom is -0.406 e. The zero-order chi connectivity index (χ0) is 17.2. The standard InChI is InChI=1S/C15H15F3N2O3/c1-9-10(2)19-8-20(14(9)22)7-13(21)11-3-5-12(6-4-11)23-15(16,17)18/h3-6,8,13,21H,7H2,1-2H3. The second kappa shape index (κ2) is 6.41. The Kier molecular flexibility index (Phi) is 4.74. The number of alkyl halides is 3. The number of aliphatic hydroxyl groups excluding tert-OH is 1. The highest BCUT2D eigenvalue weighted by atomic mass is 19.4. The number of aliphatic hydroxyl groups is 1. The molecule has 0 bridgehead atoms. The molecule has 124 valence electrons. The van der Waals surface area contributed by atoms with E-state index in [2.05, 4.69) is 9.72 Å². The van der Waals surface area contributed by atoms with Crippen LogP contribution in [0.3, 0.4) is 0 Å². The van der Waals surface area contributed by atoms with Crippen molar-refractivity contribution in [1.29, 1.82) is 0 Å². The predicted octanol–water partition coefficient (Wildman–Crippen LogP) is 2.49. The number of halogens is 3. The van der Waals surface area contributed by atoms with Gasteiger partial charge in [-0.05, 0) is 31.5 Å². The third-order valence-corrected chi connectivity index (χ3v) is 3.38. The molecule has 0 aliphatic rings. The van der Waals surface area contributed by atoms with Crippen LogP contribution < -0.4 is 10.3 Å². The smallest absolute Gasteiger partial charge is 0.406 e. The number of hydrogen-bond donors (Lipinski definition) is 1. The lowest BCUT2D eigenvalue weighted by molar-refractivity contribution is -0.274. The zero-order valence-electron chi connectivity index (χ0n) is 12.5. The fraction of sp³-hybridized carbons (Fsp3) is 0.333. The Bertz CT molecular complexity index is 739. The van der Waals surface area contributed by atoms with Crippen LogP contribution in [0.1, 0.15) is 22.9 Å². The van der Waals surface area contributed by atoms with Crippen molar-refractivity contribution >= 4 is 0 Å². The summed E-state index contributed by atoms with van der Waals surface area (Å²) >= 11 is 0. The van der Waals surface area contributed by atoms with Gasteiger partial charge in [0.05, 0.1) is 19.0 Å². The zero-order valence-corrected chi connectivity index (χ0v) is 12.5. The Morgan fingerprint density at radius 2 is 1.87 bits per heavy atom. The molecule has 8 heteroatoms. The quantitative estimate of drug-likeness (QED) is 0.936. The lowest BCUT2D eigenvalue weighted by Crippen LogP contribution is -2.26. The van der Waals surface area contributed by atoms with Crippen molar-refractivity contribution in [2.24, 2.45) is 0 Å². The fourth-order valence-electron chi connectivity index (χ4n) is 1.99. The topological polar surface area (TPSA) is 64.3 Å². The molecule has 1 atom stereocenters. The van der Waals surface area contributed by atoms with Crippen LogP contribution in [0.25, 0.3) is 0 Å². The lowest BCUT2D eigenvalue weighted by atomic mass is 10.1. The number of rotatable bonds is 4. The molecular weight excluding hydrogens is 313 g/mol. The summed E-state index contributed by atoms with van der Waals surface area (Å²) in [6.45, 7) is 3.29. The maximum atomic E-state index is 12.1. The Labute approximate surface area is 130 Å². The van der Waals surface area contributed by atoms with Crippen LogP contribution in [-0.4, -0.2) is 21.0 Å². The molecule has 5 nitrogen and oxygen atoms in total. The summed E-state index contributed by atoms with van der Waals surface area (Å²) in [6.07, 6.45) is -4.50. The number of hydrogen-bond acceptors (Lipinski definition) is 4. The van der Waals surface area contributed by atoms with Crippen LogP contribution in [-0.2, 0) is 6.54 Å². The second-order valence-corrected chi connectivity index (χ2v) is 5.05. The SMILES string of the molecule is Cc1ncn(CC(O)c2ccc(OC(F)(F)F)cc2)c(=O)c1C. The van der Waals surface area contributed by atoms with E-state index in [1.165, 1.54) is 23.0 Å². The monoisotopic (exact) mass is 328 g/mol. The average molecular weight is 328 g/mol. The second-order valence-electron chi connectivity index (χ2n) is 5.05. The highest BCUT2D eigenvalue weighted by Gasteiger charge is 2.31. The summed E-state index contributed by atoms with van der Waals surface area (Å²) in [4.78, 5) is 16.1. The molecule has 23 heavy (non-hydrogen) atoms. The van der Waals surface area contributed by atoms with Crippen molar-refractivity contribution in [3.63, 3.8) is 0 Å². The summed E-state index contributed by atoms with van der Waals surface area (Å²) in [6, 6.07) is 4.83. The predicted molar refractivity (Wildman–Crippen MR) is 76.1 cm³/mol. The van der Waals surface area contributed by atoms with Gasteiger partial charge < -0.3 is 9.84 Å². The molecule has 0 spiro atoms.